The highest BCUT2D eigenvalue weighted by atomic mass is 35.5. The number of ether oxygens (including phenoxy) is 1. The summed E-state index contributed by atoms with van der Waals surface area (Å²) in [6.07, 6.45) is 4.08. The van der Waals surface area contributed by atoms with Crippen LogP contribution >= 0.6 is 11.6 Å². The van der Waals surface area contributed by atoms with Crippen LogP contribution in [-0.2, 0) is 4.79 Å². The number of fused-ring (bicyclic) bond motifs is 1. The highest BCUT2D eigenvalue weighted by Gasteiger charge is 2.13. The molecule has 0 aliphatic carbocycles. The summed E-state index contributed by atoms with van der Waals surface area (Å²) in [4.78, 5) is 16.4. The van der Waals surface area contributed by atoms with Crippen molar-refractivity contribution in [2.24, 2.45) is 0 Å². The van der Waals surface area contributed by atoms with Crippen molar-refractivity contribution in [3.8, 4) is 11.4 Å². The molecule has 150 valence electrons. The Morgan fingerprint density at radius 2 is 1.87 bits per heavy atom. The first-order valence-electron chi connectivity index (χ1n) is 9.66. The van der Waals surface area contributed by atoms with Crippen molar-refractivity contribution >= 4 is 40.6 Å². The molecule has 2 heterocycles. The van der Waals surface area contributed by atoms with Crippen molar-refractivity contribution in [1.82, 2.24) is 14.8 Å². The zero-order valence-corrected chi connectivity index (χ0v) is 17.4. The average molecular weight is 418 g/mol. The molecule has 6 heteroatoms. The zero-order valence-electron chi connectivity index (χ0n) is 16.7. The van der Waals surface area contributed by atoms with Gasteiger partial charge < -0.3 is 4.74 Å². The largest absolute Gasteiger partial charge is 0.424 e. The van der Waals surface area contributed by atoms with Crippen LogP contribution < -0.4 is 4.74 Å². The summed E-state index contributed by atoms with van der Waals surface area (Å²) in [6, 6.07) is 19.1. The molecule has 0 spiro atoms. The van der Waals surface area contributed by atoms with Gasteiger partial charge in [-0.1, -0.05) is 54.9 Å². The molecule has 0 aliphatic rings. The lowest BCUT2D eigenvalue weighted by Gasteiger charge is -2.07. The van der Waals surface area contributed by atoms with E-state index in [1.807, 2.05) is 73.7 Å². The number of nitrogens with zero attached hydrogens (tertiary/aromatic N) is 3. The third kappa shape index (κ3) is 3.98. The van der Waals surface area contributed by atoms with Gasteiger partial charge in [-0.3, -0.25) is 4.79 Å². The Morgan fingerprint density at radius 3 is 2.63 bits per heavy atom. The number of aryl methyl sites for hydroxylation is 1. The van der Waals surface area contributed by atoms with Crippen LogP contribution in [-0.4, -0.2) is 20.7 Å². The quantitative estimate of drug-likeness (QED) is 0.301. The number of carbonyl (C=O) groups is 1. The van der Waals surface area contributed by atoms with Gasteiger partial charge in [0.05, 0.1) is 17.1 Å². The lowest BCUT2D eigenvalue weighted by molar-refractivity contribution is -0.133. The molecular weight excluding hydrogens is 398 g/mol. The smallest absolute Gasteiger partial charge is 0.310 e. The number of pyridine rings is 1. The van der Waals surface area contributed by atoms with Crippen LogP contribution in [0.3, 0.4) is 0 Å². The molecule has 0 radical (unpaired) electrons. The summed E-state index contributed by atoms with van der Waals surface area (Å²) < 4.78 is 7.14. The maximum atomic E-state index is 11.7. The fraction of sp³-hybridized carbons (Fsp3) is 0.125. The first kappa shape index (κ1) is 19.9. The van der Waals surface area contributed by atoms with Gasteiger partial charge in [-0.15, -0.1) is 0 Å². The van der Waals surface area contributed by atoms with E-state index in [1.54, 1.807) is 17.7 Å². The van der Waals surface area contributed by atoms with Crippen LogP contribution in [0.2, 0.25) is 5.15 Å². The van der Waals surface area contributed by atoms with Gasteiger partial charge in [-0.2, -0.15) is 5.10 Å². The second-order valence-electron chi connectivity index (χ2n) is 6.76. The number of esters is 1. The molecular formula is C24H20ClN3O2. The third-order valence-corrected chi connectivity index (χ3v) is 5.05. The fourth-order valence-corrected chi connectivity index (χ4v) is 3.45. The van der Waals surface area contributed by atoms with Crippen molar-refractivity contribution < 1.29 is 9.53 Å². The van der Waals surface area contributed by atoms with Gasteiger partial charge >= 0.3 is 5.97 Å². The molecule has 0 saturated carbocycles. The highest BCUT2D eigenvalue weighted by Crippen LogP contribution is 2.27. The summed E-state index contributed by atoms with van der Waals surface area (Å²) in [6.45, 7) is 3.68. The molecule has 2 aromatic carbocycles. The van der Waals surface area contributed by atoms with Crippen LogP contribution in [0.5, 0.6) is 5.75 Å². The van der Waals surface area contributed by atoms with Gasteiger partial charge in [-0.25, -0.2) is 9.67 Å². The predicted molar refractivity (Wildman–Crippen MR) is 120 cm³/mol. The Morgan fingerprint density at radius 1 is 1.07 bits per heavy atom. The van der Waals surface area contributed by atoms with Gasteiger partial charge in [0.1, 0.15) is 10.7 Å². The van der Waals surface area contributed by atoms with Crippen molar-refractivity contribution in [2.75, 3.05) is 0 Å². The van der Waals surface area contributed by atoms with Crippen molar-refractivity contribution in [1.29, 1.82) is 0 Å². The van der Waals surface area contributed by atoms with E-state index in [9.17, 15) is 4.79 Å². The lowest BCUT2D eigenvalue weighted by Crippen LogP contribution is -2.06. The van der Waals surface area contributed by atoms with Crippen molar-refractivity contribution in [3.05, 3.63) is 82.8 Å². The van der Waals surface area contributed by atoms with Gasteiger partial charge in [-0.05, 0) is 43.3 Å². The summed E-state index contributed by atoms with van der Waals surface area (Å²) in [7, 11) is 0. The van der Waals surface area contributed by atoms with E-state index in [4.69, 9.17) is 16.3 Å². The molecule has 4 rings (SSSR count). The molecule has 0 atom stereocenters. The molecule has 0 unspecified atom stereocenters. The van der Waals surface area contributed by atoms with E-state index in [1.165, 1.54) is 0 Å². The average Bonchev–Trinajstić information content (AvgIpc) is 3.06. The number of carbonyl (C=O) groups excluding carboxylic acids is 1. The number of halogens is 1. The second kappa shape index (κ2) is 8.51. The van der Waals surface area contributed by atoms with Crippen LogP contribution in [0.15, 0.2) is 60.7 Å². The first-order valence-corrected chi connectivity index (χ1v) is 10.0. The van der Waals surface area contributed by atoms with Crippen LogP contribution in [0.25, 0.3) is 28.7 Å². The monoisotopic (exact) mass is 417 g/mol. The molecule has 0 amide bonds. The standard InChI is InChI=1S/C24H20ClN3O2/c1-3-22(29)30-21-11-7-8-17-12-13-18(26-23(17)21)14-15-20-16(2)27-28(24(20)25)19-9-5-4-6-10-19/h4-15H,3H2,1-2H3/b15-14+. The predicted octanol–water partition coefficient (Wildman–Crippen LogP) is 5.87. The summed E-state index contributed by atoms with van der Waals surface area (Å²) >= 11 is 6.60. The maximum absolute atomic E-state index is 11.7. The normalized spacial score (nSPS) is 11.3. The van der Waals surface area contributed by atoms with Crippen LogP contribution in [0.1, 0.15) is 30.3 Å². The molecule has 0 bridgehead atoms. The van der Waals surface area contributed by atoms with Gasteiger partial charge in [0, 0.05) is 17.4 Å². The molecule has 0 aliphatic heterocycles. The number of hydrogen-bond acceptors (Lipinski definition) is 4. The van der Waals surface area contributed by atoms with Crippen molar-refractivity contribution in [2.45, 2.75) is 20.3 Å². The first-order chi connectivity index (χ1) is 14.6. The van der Waals surface area contributed by atoms with Crippen molar-refractivity contribution in [3.63, 3.8) is 0 Å². The second-order valence-corrected chi connectivity index (χ2v) is 7.12. The lowest BCUT2D eigenvalue weighted by atomic mass is 10.1. The minimum absolute atomic E-state index is 0.291. The maximum Gasteiger partial charge on any atom is 0.310 e. The Kier molecular flexibility index (Phi) is 5.63. The number of aromatic nitrogens is 3. The Bertz CT molecular complexity index is 1250. The Hall–Kier alpha value is -3.44. The number of rotatable bonds is 5. The fourth-order valence-electron chi connectivity index (χ4n) is 3.11. The Balaban J connectivity index is 1.69. The van der Waals surface area contributed by atoms with Gasteiger partial charge in [0.25, 0.3) is 0 Å². The molecule has 0 saturated heterocycles. The van der Waals surface area contributed by atoms with Crippen LogP contribution in [0, 0.1) is 6.92 Å². The minimum atomic E-state index is -0.291. The topological polar surface area (TPSA) is 57.0 Å². The number of benzene rings is 2. The molecule has 0 fully saturated rings. The van der Waals surface area contributed by atoms with Crippen LogP contribution in [0.4, 0.5) is 0 Å². The van der Waals surface area contributed by atoms with Gasteiger partial charge in [0.2, 0.25) is 0 Å². The molecule has 30 heavy (non-hydrogen) atoms. The minimum Gasteiger partial charge on any atom is -0.424 e. The zero-order chi connectivity index (χ0) is 21.1. The SMILES string of the molecule is CCC(=O)Oc1cccc2ccc(/C=C/c3c(C)nn(-c4ccccc4)c3Cl)nc12. The van der Waals surface area contributed by atoms with E-state index < -0.39 is 0 Å². The summed E-state index contributed by atoms with van der Waals surface area (Å²) in [5.41, 5.74) is 3.91. The van der Waals surface area contributed by atoms with E-state index in [0.717, 1.165) is 28.0 Å². The van der Waals surface area contributed by atoms with E-state index in [0.29, 0.717) is 22.8 Å². The highest BCUT2D eigenvalue weighted by molar-refractivity contribution is 6.31. The molecule has 2 aromatic heterocycles. The molecule has 5 nitrogen and oxygen atoms in total. The van der Waals surface area contributed by atoms with E-state index in [-0.39, 0.29) is 5.97 Å². The summed E-state index contributed by atoms with van der Waals surface area (Å²) in [5, 5.41) is 5.99. The number of para-hydroxylation sites is 2. The molecule has 4 aromatic rings. The van der Waals surface area contributed by atoms with E-state index in [2.05, 4.69) is 10.1 Å². The summed E-state index contributed by atoms with van der Waals surface area (Å²) in [5.74, 6) is 0.168. The van der Waals surface area contributed by atoms with Gasteiger partial charge in [0.15, 0.2) is 5.75 Å². The number of hydrogen-bond donors (Lipinski definition) is 0. The third-order valence-electron chi connectivity index (χ3n) is 4.69. The van der Waals surface area contributed by atoms with E-state index >= 15 is 0 Å². The Labute approximate surface area is 179 Å². The molecule has 0 N–H and O–H groups in total.